The molecule has 2 heterocycles. The molecule has 0 fully saturated rings. The van der Waals surface area contributed by atoms with Gasteiger partial charge in [-0.05, 0) is 43.5 Å². The van der Waals surface area contributed by atoms with Crippen molar-refractivity contribution < 1.29 is 9.18 Å². The van der Waals surface area contributed by atoms with Gasteiger partial charge in [0.05, 0.1) is 11.4 Å². The number of nitrogens with one attached hydrogen (secondary N) is 1. The molecule has 0 unspecified atom stereocenters. The van der Waals surface area contributed by atoms with Crippen molar-refractivity contribution in [3.05, 3.63) is 51.8 Å². The second-order valence-corrected chi connectivity index (χ2v) is 6.57. The fraction of sp³-hybridized carbons (Fsp3) is 0.235. The predicted molar refractivity (Wildman–Crippen MR) is 93.7 cm³/mol. The molecule has 0 saturated heterocycles. The first-order valence-corrected chi connectivity index (χ1v) is 8.33. The number of nitrogens with zero attached hydrogens (tertiary/aromatic N) is 2. The molecule has 3 N–H and O–H groups in total. The molecule has 1 amide bonds. The van der Waals surface area contributed by atoms with E-state index in [2.05, 4.69) is 15.5 Å². The molecule has 0 saturated carbocycles. The number of amides is 1. The van der Waals surface area contributed by atoms with Crippen LogP contribution in [0.1, 0.15) is 26.5 Å². The van der Waals surface area contributed by atoms with Gasteiger partial charge in [-0.3, -0.25) is 4.79 Å². The normalized spacial score (nSPS) is 11.0. The minimum absolute atomic E-state index is 0.227. The third-order valence-corrected chi connectivity index (χ3v) is 5.04. The molecule has 0 radical (unpaired) electrons. The fourth-order valence-corrected chi connectivity index (χ4v) is 3.48. The summed E-state index contributed by atoms with van der Waals surface area (Å²) in [6, 6.07) is 6.23. The van der Waals surface area contributed by atoms with Crippen LogP contribution in [0.25, 0.3) is 10.2 Å². The molecule has 124 valence electrons. The Morgan fingerprint density at radius 2 is 1.96 bits per heavy atom. The molecule has 2 aromatic heterocycles. The van der Waals surface area contributed by atoms with E-state index in [4.69, 9.17) is 5.73 Å². The number of nitrogen functional groups attached to an aromatic ring is 1. The number of halogens is 1. The lowest BCUT2D eigenvalue weighted by atomic mass is 10.1. The Bertz CT molecular complexity index is 905. The van der Waals surface area contributed by atoms with Gasteiger partial charge in [0.1, 0.15) is 15.5 Å². The first-order chi connectivity index (χ1) is 11.5. The van der Waals surface area contributed by atoms with Crippen LogP contribution in [0.15, 0.2) is 24.3 Å². The molecule has 0 spiro atoms. The van der Waals surface area contributed by atoms with Gasteiger partial charge < -0.3 is 11.1 Å². The van der Waals surface area contributed by atoms with Crippen molar-refractivity contribution in [2.24, 2.45) is 0 Å². The average Bonchev–Trinajstić information content (AvgIpc) is 2.90. The highest BCUT2D eigenvalue weighted by Gasteiger charge is 2.19. The highest BCUT2D eigenvalue weighted by molar-refractivity contribution is 7.21. The van der Waals surface area contributed by atoms with Crippen LogP contribution >= 0.6 is 11.3 Å². The van der Waals surface area contributed by atoms with Gasteiger partial charge in [0.2, 0.25) is 0 Å². The van der Waals surface area contributed by atoms with Crippen molar-refractivity contribution in [1.82, 2.24) is 15.5 Å². The molecular formula is C17H17FN4OS. The summed E-state index contributed by atoms with van der Waals surface area (Å²) < 4.78 is 12.9. The molecule has 5 nitrogen and oxygen atoms in total. The predicted octanol–water partition coefficient (Wildman–Crippen LogP) is 3.00. The number of carbonyl (C=O) groups excluding carboxylic acids is 1. The van der Waals surface area contributed by atoms with Crippen LogP contribution in [0.3, 0.4) is 0 Å². The van der Waals surface area contributed by atoms with Gasteiger partial charge in [0.15, 0.2) is 0 Å². The minimum Gasteiger partial charge on any atom is -0.397 e. The van der Waals surface area contributed by atoms with E-state index >= 15 is 0 Å². The van der Waals surface area contributed by atoms with Gasteiger partial charge in [0, 0.05) is 11.9 Å². The number of fused-ring (bicyclic) bond motifs is 1. The number of aromatic nitrogens is 2. The van der Waals surface area contributed by atoms with Gasteiger partial charge in [-0.15, -0.1) is 16.4 Å². The summed E-state index contributed by atoms with van der Waals surface area (Å²) in [6.45, 7) is 4.23. The fourth-order valence-electron chi connectivity index (χ4n) is 2.46. The molecule has 0 atom stereocenters. The number of hydrogen-bond donors (Lipinski definition) is 2. The topological polar surface area (TPSA) is 80.9 Å². The molecule has 3 aromatic rings. The van der Waals surface area contributed by atoms with Crippen LogP contribution in [0, 0.1) is 19.7 Å². The number of thiophene rings is 1. The van der Waals surface area contributed by atoms with Crippen molar-refractivity contribution in [1.29, 1.82) is 0 Å². The smallest absolute Gasteiger partial charge is 0.263 e. The number of hydrogen-bond acceptors (Lipinski definition) is 5. The number of carbonyl (C=O) groups is 1. The van der Waals surface area contributed by atoms with E-state index in [1.54, 1.807) is 12.1 Å². The summed E-state index contributed by atoms with van der Waals surface area (Å²) in [5, 5.41) is 11.8. The van der Waals surface area contributed by atoms with Gasteiger partial charge in [-0.1, -0.05) is 12.1 Å². The first kappa shape index (κ1) is 16.3. The van der Waals surface area contributed by atoms with Gasteiger partial charge >= 0.3 is 0 Å². The SMILES string of the molecule is Cc1nnc2sc(C(=O)NCCc3ccc(F)cc3)c(N)c2c1C. The summed E-state index contributed by atoms with van der Waals surface area (Å²) >= 11 is 1.24. The van der Waals surface area contributed by atoms with Crippen molar-refractivity contribution in [2.75, 3.05) is 12.3 Å². The number of aryl methyl sites for hydroxylation is 2. The number of benzene rings is 1. The molecule has 0 aliphatic heterocycles. The molecule has 0 aliphatic rings. The molecule has 1 aromatic carbocycles. The number of anilines is 1. The van der Waals surface area contributed by atoms with E-state index in [1.807, 2.05) is 13.8 Å². The summed E-state index contributed by atoms with van der Waals surface area (Å²) in [4.78, 5) is 13.5. The Kier molecular flexibility index (Phi) is 4.44. The van der Waals surface area contributed by atoms with Crippen LogP contribution in [0.2, 0.25) is 0 Å². The summed E-state index contributed by atoms with van der Waals surface area (Å²) in [5.41, 5.74) is 9.30. The van der Waals surface area contributed by atoms with Crippen LogP contribution < -0.4 is 11.1 Å². The molecular weight excluding hydrogens is 327 g/mol. The standard InChI is InChI=1S/C17H17FN4OS/c1-9-10(2)21-22-17-13(9)14(19)15(24-17)16(23)20-8-7-11-3-5-12(18)6-4-11/h3-6H,7-8,19H2,1-2H3,(H,20,23). The Labute approximate surface area is 142 Å². The number of rotatable bonds is 4. The van der Waals surface area contributed by atoms with E-state index in [9.17, 15) is 9.18 Å². The van der Waals surface area contributed by atoms with Crippen molar-refractivity contribution in [3.63, 3.8) is 0 Å². The van der Waals surface area contributed by atoms with Gasteiger partial charge in [-0.25, -0.2) is 4.39 Å². The monoisotopic (exact) mass is 344 g/mol. The van der Waals surface area contributed by atoms with Gasteiger partial charge in [-0.2, -0.15) is 5.10 Å². The third-order valence-electron chi connectivity index (χ3n) is 3.95. The zero-order chi connectivity index (χ0) is 17.3. The second kappa shape index (κ2) is 6.52. The largest absolute Gasteiger partial charge is 0.397 e. The van der Waals surface area contributed by atoms with Crippen molar-refractivity contribution in [2.45, 2.75) is 20.3 Å². The van der Waals surface area contributed by atoms with E-state index in [0.717, 1.165) is 22.2 Å². The maximum Gasteiger partial charge on any atom is 0.263 e. The Hall–Kier alpha value is -2.54. The zero-order valence-corrected chi connectivity index (χ0v) is 14.2. The van der Waals surface area contributed by atoms with E-state index < -0.39 is 0 Å². The van der Waals surface area contributed by atoms with Gasteiger partial charge in [0.25, 0.3) is 5.91 Å². The average molecular weight is 344 g/mol. The summed E-state index contributed by atoms with van der Waals surface area (Å²) in [7, 11) is 0. The molecule has 0 bridgehead atoms. The summed E-state index contributed by atoms with van der Waals surface area (Å²) in [6.07, 6.45) is 0.620. The highest BCUT2D eigenvalue weighted by Crippen LogP contribution is 2.34. The maximum absolute atomic E-state index is 12.9. The van der Waals surface area contributed by atoms with Crippen molar-refractivity contribution >= 4 is 33.1 Å². The lowest BCUT2D eigenvalue weighted by Crippen LogP contribution is -2.25. The third kappa shape index (κ3) is 3.07. The second-order valence-electron chi connectivity index (χ2n) is 5.57. The summed E-state index contributed by atoms with van der Waals surface area (Å²) in [5.74, 6) is -0.498. The lowest BCUT2D eigenvalue weighted by molar-refractivity contribution is 0.0959. The quantitative estimate of drug-likeness (QED) is 0.762. The van der Waals surface area contributed by atoms with E-state index in [-0.39, 0.29) is 11.7 Å². The highest BCUT2D eigenvalue weighted by atomic mass is 32.1. The number of nitrogens with two attached hydrogens (primary N) is 1. The Morgan fingerprint density at radius 3 is 2.67 bits per heavy atom. The van der Waals surface area contributed by atoms with E-state index in [1.165, 1.54) is 23.5 Å². The lowest BCUT2D eigenvalue weighted by Gasteiger charge is -2.05. The van der Waals surface area contributed by atoms with Crippen LogP contribution in [0.4, 0.5) is 10.1 Å². The first-order valence-electron chi connectivity index (χ1n) is 7.52. The molecule has 3 rings (SSSR count). The molecule has 0 aliphatic carbocycles. The maximum atomic E-state index is 12.9. The Balaban J connectivity index is 1.73. The molecule has 24 heavy (non-hydrogen) atoms. The minimum atomic E-state index is -0.271. The zero-order valence-electron chi connectivity index (χ0n) is 13.4. The van der Waals surface area contributed by atoms with Crippen LogP contribution in [-0.2, 0) is 6.42 Å². The van der Waals surface area contributed by atoms with Crippen molar-refractivity contribution in [3.8, 4) is 0 Å². The Morgan fingerprint density at radius 1 is 1.25 bits per heavy atom. The van der Waals surface area contributed by atoms with Crippen LogP contribution in [0.5, 0.6) is 0 Å². The molecule has 7 heteroatoms. The van der Waals surface area contributed by atoms with Crippen LogP contribution in [-0.4, -0.2) is 22.6 Å². The van der Waals surface area contributed by atoms with E-state index in [0.29, 0.717) is 28.4 Å².